The van der Waals surface area contributed by atoms with Gasteiger partial charge in [0.15, 0.2) is 0 Å². The summed E-state index contributed by atoms with van der Waals surface area (Å²) in [5, 5.41) is 20.4. The highest BCUT2D eigenvalue weighted by Crippen LogP contribution is 2.24. The summed E-state index contributed by atoms with van der Waals surface area (Å²) in [5.41, 5.74) is 5.26. The van der Waals surface area contributed by atoms with E-state index in [4.69, 9.17) is 0 Å². The number of carbonyl (C=O) groups excluding carboxylic acids is 1. The number of thiophene rings is 1. The Balaban J connectivity index is 1.72. The van der Waals surface area contributed by atoms with Crippen LogP contribution in [0.4, 0.5) is 5.69 Å². The van der Waals surface area contributed by atoms with Crippen LogP contribution in [0.25, 0.3) is 0 Å². The van der Waals surface area contributed by atoms with Crippen molar-refractivity contribution in [2.45, 2.75) is 47.2 Å². The second-order valence-electron chi connectivity index (χ2n) is 7.31. The molecule has 1 unspecified atom stereocenters. The Morgan fingerprint density at radius 1 is 1.28 bits per heavy atom. The lowest BCUT2D eigenvalue weighted by molar-refractivity contribution is -0.386. The lowest BCUT2D eigenvalue weighted by atomic mass is 10.0. The third-order valence-corrected chi connectivity index (χ3v) is 5.95. The van der Waals surface area contributed by atoms with Crippen LogP contribution in [0.15, 0.2) is 29.6 Å². The molecular weight excluding hydrogens is 388 g/mol. The Labute approximate surface area is 173 Å². The first-order valence-electron chi connectivity index (χ1n) is 9.31. The van der Waals surface area contributed by atoms with Crippen molar-refractivity contribution in [2.24, 2.45) is 0 Å². The molecule has 0 fully saturated rings. The predicted octanol–water partition coefficient (Wildman–Crippen LogP) is 4.63. The van der Waals surface area contributed by atoms with Crippen molar-refractivity contribution >= 4 is 22.9 Å². The van der Waals surface area contributed by atoms with Crippen LogP contribution in [0.2, 0.25) is 0 Å². The van der Waals surface area contributed by atoms with E-state index in [0.29, 0.717) is 22.8 Å². The summed E-state index contributed by atoms with van der Waals surface area (Å²) in [4.78, 5) is 24.0. The number of carbonyl (C=O) groups is 1. The first-order chi connectivity index (χ1) is 13.7. The SMILES string of the molecule is Cc1ccc(C(C)NC(=O)c2cc(Cn3nc(C)c([N+](=O)[O-])c3C)cs2)c(C)c1. The van der Waals surface area contributed by atoms with Gasteiger partial charge in [-0.2, -0.15) is 5.10 Å². The smallest absolute Gasteiger partial charge is 0.312 e. The number of nitro groups is 1. The van der Waals surface area contributed by atoms with Crippen molar-refractivity contribution in [3.63, 3.8) is 0 Å². The zero-order valence-corrected chi connectivity index (χ0v) is 18.0. The van der Waals surface area contributed by atoms with Crippen molar-refractivity contribution in [3.05, 3.63) is 78.3 Å². The highest BCUT2D eigenvalue weighted by molar-refractivity contribution is 7.12. The molecule has 1 N–H and O–H groups in total. The molecule has 0 aliphatic carbocycles. The maximum atomic E-state index is 12.7. The summed E-state index contributed by atoms with van der Waals surface area (Å²) < 4.78 is 1.61. The van der Waals surface area contributed by atoms with Gasteiger partial charge in [-0.3, -0.25) is 19.6 Å². The molecule has 1 amide bonds. The fourth-order valence-corrected chi connectivity index (χ4v) is 4.32. The average molecular weight is 413 g/mol. The summed E-state index contributed by atoms with van der Waals surface area (Å²) in [5.74, 6) is -0.131. The molecule has 1 aromatic carbocycles. The summed E-state index contributed by atoms with van der Waals surface area (Å²) in [6, 6.07) is 7.91. The Bertz CT molecular complexity index is 1080. The van der Waals surface area contributed by atoms with Gasteiger partial charge in [0, 0.05) is 0 Å². The van der Waals surface area contributed by atoms with Gasteiger partial charge in [-0.25, -0.2) is 0 Å². The van der Waals surface area contributed by atoms with Crippen molar-refractivity contribution in [3.8, 4) is 0 Å². The van der Waals surface area contributed by atoms with E-state index < -0.39 is 4.92 Å². The molecule has 152 valence electrons. The van der Waals surface area contributed by atoms with Gasteiger partial charge >= 0.3 is 5.69 Å². The molecule has 0 spiro atoms. The molecule has 3 aromatic rings. The molecular formula is C21H24N4O3S. The number of aryl methyl sites for hydroxylation is 3. The summed E-state index contributed by atoms with van der Waals surface area (Å²) in [6.07, 6.45) is 0. The van der Waals surface area contributed by atoms with Crippen molar-refractivity contribution in [2.75, 3.05) is 0 Å². The molecule has 3 rings (SSSR count). The monoisotopic (exact) mass is 412 g/mol. The van der Waals surface area contributed by atoms with Crippen LogP contribution < -0.4 is 5.32 Å². The van der Waals surface area contributed by atoms with Crippen LogP contribution in [-0.2, 0) is 6.54 Å². The molecule has 0 aliphatic rings. The molecule has 0 bridgehead atoms. The average Bonchev–Trinajstić information content (AvgIpc) is 3.19. The molecule has 0 aliphatic heterocycles. The van der Waals surface area contributed by atoms with Crippen LogP contribution in [-0.4, -0.2) is 20.6 Å². The number of rotatable bonds is 6. The Morgan fingerprint density at radius 3 is 2.62 bits per heavy atom. The van der Waals surface area contributed by atoms with Crippen molar-refractivity contribution in [1.29, 1.82) is 0 Å². The number of benzene rings is 1. The van der Waals surface area contributed by atoms with E-state index in [2.05, 4.69) is 16.5 Å². The van der Waals surface area contributed by atoms with Crippen LogP contribution in [0, 0.1) is 37.8 Å². The third-order valence-electron chi connectivity index (χ3n) is 4.98. The van der Waals surface area contributed by atoms with E-state index in [1.807, 2.05) is 44.4 Å². The Morgan fingerprint density at radius 2 is 2.00 bits per heavy atom. The predicted molar refractivity (Wildman–Crippen MR) is 114 cm³/mol. The largest absolute Gasteiger partial charge is 0.345 e. The van der Waals surface area contributed by atoms with Gasteiger partial charge in [0.25, 0.3) is 5.91 Å². The van der Waals surface area contributed by atoms with E-state index in [0.717, 1.165) is 16.7 Å². The molecule has 29 heavy (non-hydrogen) atoms. The molecule has 0 saturated heterocycles. The minimum Gasteiger partial charge on any atom is -0.345 e. The van der Waals surface area contributed by atoms with Crippen LogP contribution in [0.3, 0.4) is 0 Å². The maximum absolute atomic E-state index is 12.7. The number of aromatic nitrogens is 2. The molecule has 0 saturated carbocycles. The maximum Gasteiger partial charge on any atom is 0.312 e. The van der Waals surface area contributed by atoms with E-state index in [1.54, 1.807) is 18.5 Å². The van der Waals surface area contributed by atoms with Gasteiger partial charge in [-0.05, 0) is 62.8 Å². The van der Waals surface area contributed by atoms with Crippen LogP contribution >= 0.6 is 11.3 Å². The number of hydrogen-bond acceptors (Lipinski definition) is 5. The standard InChI is InChI=1S/C21H24N4O3S/c1-12-6-7-18(13(2)8-12)14(3)22-21(26)19-9-17(11-29-19)10-24-16(5)20(25(27)28)15(4)23-24/h6-9,11,14H,10H2,1-5H3,(H,22,26). The van der Waals surface area contributed by atoms with Gasteiger partial charge in [0.05, 0.1) is 22.4 Å². The van der Waals surface area contributed by atoms with Gasteiger partial charge < -0.3 is 5.32 Å². The molecule has 1 atom stereocenters. The number of nitrogens with one attached hydrogen (secondary N) is 1. The fourth-order valence-electron chi connectivity index (χ4n) is 3.51. The highest BCUT2D eigenvalue weighted by atomic mass is 32.1. The number of nitrogens with zero attached hydrogens (tertiary/aromatic N) is 3. The van der Waals surface area contributed by atoms with Gasteiger partial charge in [-0.15, -0.1) is 11.3 Å². The van der Waals surface area contributed by atoms with E-state index in [1.165, 1.54) is 16.9 Å². The quantitative estimate of drug-likeness (QED) is 0.472. The van der Waals surface area contributed by atoms with Crippen LogP contribution in [0.1, 0.15) is 56.3 Å². The second kappa shape index (κ2) is 8.16. The van der Waals surface area contributed by atoms with Crippen molar-refractivity contribution in [1.82, 2.24) is 15.1 Å². The Kier molecular flexibility index (Phi) is 5.83. The minimum absolute atomic E-state index is 0.0421. The van der Waals surface area contributed by atoms with Gasteiger partial charge in [0.2, 0.25) is 0 Å². The van der Waals surface area contributed by atoms with E-state index in [9.17, 15) is 14.9 Å². The molecule has 7 nitrogen and oxygen atoms in total. The molecule has 2 aromatic heterocycles. The summed E-state index contributed by atoms with van der Waals surface area (Å²) in [7, 11) is 0. The van der Waals surface area contributed by atoms with Gasteiger partial charge in [0.1, 0.15) is 11.4 Å². The van der Waals surface area contributed by atoms with E-state index in [-0.39, 0.29) is 17.6 Å². The first-order valence-corrected chi connectivity index (χ1v) is 10.2. The van der Waals surface area contributed by atoms with Crippen LogP contribution in [0.5, 0.6) is 0 Å². The zero-order chi connectivity index (χ0) is 21.3. The molecule has 0 radical (unpaired) electrons. The summed E-state index contributed by atoms with van der Waals surface area (Å²) >= 11 is 1.36. The van der Waals surface area contributed by atoms with Gasteiger partial charge in [-0.1, -0.05) is 23.8 Å². The lowest BCUT2D eigenvalue weighted by Gasteiger charge is -2.16. The second-order valence-corrected chi connectivity index (χ2v) is 8.22. The Hall–Kier alpha value is -3.00. The topological polar surface area (TPSA) is 90.1 Å². The van der Waals surface area contributed by atoms with E-state index >= 15 is 0 Å². The zero-order valence-electron chi connectivity index (χ0n) is 17.1. The summed E-state index contributed by atoms with van der Waals surface area (Å²) in [6.45, 7) is 9.76. The lowest BCUT2D eigenvalue weighted by Crippen LogP contribution is -2.26. The fraction of sp³-hybridized carbons (Fsp3) is 0.333. The first kappa shape index (κ1) is 20.7. The minimum atomic E-state index is -0.408. The number of hydrogen-bond donors (Lipinski definition) is 1. The normalized spacial score (nSPS) is 12.0. The highest BCUT2D eigenvalue weighted by Gasteiger charge is 2.22. The molecule has 2 heterocycles. The molecule has 8 heteroatoms. The third kappa shape index (κ3) is 4.37. The van der Waals surface area contributed by atoms with Crippen molar-refractivity contribution < 1.29 is 9.72 Å². The number of amides is 1.